The number of hydrogen-bond donors (Lipinski definition) is 1. The number of sulfonamides is 1. The Hall–Kier alpha value is -1.15. The van der Waals surface area contributed by atoms with Gasteiger partial charge in [0, 0.05) is 33.3 Å². The molecular weight excluding hydrogens is 316 g/mol. The lowest BCUT2D eigenvalue weighted by molar-refractivity contribution is -0.114. The second-order valence-electron chi connectivity index (χ2n) is 4.54. The summed E-state index contributed by atoms with van der Waals surface area (Å²) in [6.07, 6.45) is 0. The second kappa shape index (κ2) is 7.74. The number of ether oxygens (including phenoxy) is 1. The summed E-state index contributed by atoms with van der Waals surface area (Å²) in [5.41, 5.74) is 0.540. The van der Waals surface area contributed by atoms with Crippen molar-refractivity contribution in [1.82, 2.24) is 4.31 Å². The highest BCUT2D eigenvalue weighted by atomic mass is 35.5. The van der Waals surface area contributed by atoms with Crippen LogP contribution in [0.25, 0.3) is 0 Å². The van der Waals surface area contributed by atoms with E-state index in [4.69, 9.17) is 16.3 Å². The number of halogens is 1. The number of alkyl halides is 1. The molecule has 1 unspecified atom stereocenters. The van der Waals surface area contributed by atoms with E-state index in [-0.39, 0.29) is 24.0 Å². The van der Waals surface area contributed by atoms with E-state index >= 15 is 0 Å². The standard InChI is InChI=1S/C13H19ClN2O4S/c1-10(17)15-12-4-6-13(7-5-12)21(18,19)16(2)8-11(14)9-20-3/h4-7,11H,8-9H2,1-3H3,(H,15,17). The van der Waals surface area contributed by atoms with Crippen molar-refractivity contribution in [2.75, 3.05) is 32.6 Å². The minimum absolute atomic E-state index is 0.139. The zero-order valence-corrected chi connectivity index (χ0v) is 13.7. The molecule has 0 bridgehead atoms. The molecule has 1 amide bonds. The summed E-state index contributed by atoms with van der Waals surface area (Å²) in [7, 11) is -0.652. The fourth-order valence-corrected chi connectivity index (χ4v) is 3.34. The van der Waals surface area contributed by atoms with Gasteiger partial charge in [0.25, 0.3) is 0 Å². The van der Waals surface area contributed by atoms with Gasteiger partial charge in [-0.2, -0.15) is 4.31 Å². The van der Waals surface area contributed by atoms with Crippen molar-refractivity contribution in [1.29, 1.82) is 0 Å². The summed E-state index contributed by atoms with van der Waals surface area (Å²) in [5.74, 6) is -0.215. The van der Waals surface area contributed by atoms with E-state index in [0.717, 1.165) is 0 Å². The van der Waals surface area contributed by atoms with E-state index in [1.165, 1.54) is 49.7 Å². The molecule has 1 aromatic carbocycles. The minimum atomic E-state index is -3.62. The fourth-order valence-electron chi connectivity index (χ4n) is 1.70. The quantitative estimate of drug-likeness (QED) is 0.767. The molecule has 0 aliphatic heterocycles. The molecule has 0 aliphatic rings. The summed E-state index contributed by atoms with van der Waals surface area (Å²) in [6.45, 7) is 1.79. The smallest absolute Gasteiger partial charge is 0.242 e. The topological polar surface area (TPSA) is 75.7 Å². The van der Waals surface area contributed by atoms with Crippen molar-refractivity contribution < 1.29 is 17.9 Å². The SMILES string of the molecule is COCC(Cl)CN(C)S(=O)(=O)c1ccc(NC(C)=O)cc1. The average Bonchev–Trinajstić information content (AvgIpc) is 2.38. The van der Waals surface area contributed by atoms with E-state index < -0.39 is 15.4 Å². The van der Waals surface area contributed by atoms with Gasteiger partial charge in [0.2, 0.25) is 15.9 Å². The van der Waals surface area contributed by atoms with Crippen LogP contribution in [0.4, 0.5) is 5.69 Å². The largest absolute Gasteiger partial charge is 0.383 e. The molecule has 1 aromatic rings. The molecule has 0 heterocycles. The predicted octanol–water partition coefficient (Wildman–Crippen LogP) is 1.52. The highest BCUT2D eigenvalue weighted by Gasteiger charge is 2.23. The van der Waals surface area contributed by atoms with Crippen molar-refractivity contribution in [3.05, 3.63) is 24.3 Å². The number of benzene rings is 1. The summed E-state index contributed by atoms with van der Waals surface area (Å²) in [6, 6.07) is 5.96. The first-order valence-corrected chi connectivity index (χ1v) is 8.12. The van der Waals surface area contributed by atoms with Gasteiger partial charge < -0.3 is 10.1 Å². The zero-order chi connectivity index (χ0) is 16.0. The lowest BCUT2D eigenvalue weighted by atomic mass is 10.3. The van der Waals surface area contributed by atoms with Crippen LogP contribution in [-0.2, 0) is 19.6 Å². The molecule has 0 fully saturated rings. The number of methoxy groups -OCH3 is 1. The van der Waals surface area contributed by atoms with Crippen LogP contribution in [0.15, 0.2) is 29.2 Å². The third kappa shape index (κ3) is 5.28. The van der Waals surface area contributed by atoms with E-state index in [1.54, 1.807) is 0 Å². The second-order valence-corrected chi connectivity index (χ2v) is 7.21. The van der Waals surface area contributed by atoms with Gasteiger partial charge in [-0.1, -0.05) is 0 Å². The Morgan fingerprint density at radius 1 is 1.38 bits per heavy atom. The van der Waals surface area contributed by atoms with Crippen LogP contribution in [-0.4, -0.2) is 51.3 Å². The molecule has 0 saturated carbocycles. The Balaban J connectivity index is 2.84. The number of amides is 1. The van der Waals surface area contributed by atoms with Crippen LogP contribution in [0.1, 0.15) is 6.92 Å². The first kappa shape index (κ1) is 17.9. The lowest BCUT2D eigenvalue weighted by Crippen LogP contribution is -2.34. The molecule has 118 valence electrons. The fraction of sp³-hybridized carbons (Fsp3) is 0.462. The van der Waals surface area contributed by atoms with E-state index in [9.17, 15) is 13.2 Å². The molecule has 0 aliphatic carbocycles. The first-order valence-electron chi connectivity index (χ1n) is 6.24. The van der Waals surface area contributed by atoms with Crippen LogP contribution in [0, 0.1) is 0 Å². The van der Waals surface area contributed by atoms with Gasteiger partial charge in [-0.05, 0) is 24.3 Å². The number of rotatable bonds is 7. The maximum atomic E-state index is 12.3. The summed E-state index contributed by atoms with van der Waals surface area (Å²) in [5, 5.41) is 2.15. The highest BCUT2D eigenvalue weighted by molar-refractivity contribution is 7.89. The van der Waals surface area contributed by atoms with Crippen molar-refractivity contribution in [2.24, 2.45) is 0 Å². The number of nitrogens with zero attached hydrogens (tertiary/aromatic N) is 1. The highest BCUT2D eigenvalue weighted by Crippen LogP contribution is 2.18. The van der Waals surface area contributed by atoms with Crippen LogP contribution in [0.2, 0.25) is 0 Å². The molecular formula is C13H19ClN2O4S. The molecule has 0 spiro atoms. The third-order valence-electron chi connectivity index (χ3n) is 2.69. The van der Waals surface area contributed by atoms with Crippen molar-refractivity contribution in [3.63, 3.8) is 0 Å². The average molecular weight is 335 g/mol. The lowest BCUT2D eigenvalue weighted by Gasteiger charge is -2.20. The Morgan fingerprint density at radius 3 is 2.43 bits per heavy atom. The van der Waals surface area contributed by atoms with Crippen molar-refractivity contribution in [3.8, 4) is 0 Å². The summed E-state index contributed by atoms with van der Waals surface area (Å²) < 4.78 is 30.7. The number of anilines is 1. The first-order chi connectivity index (χ1) is 9.77. The maximum Gasteiger partial charge on any atom is 0.242 e. The number of carbonyl (C=O) groups is 1. The van der Waals surface area contributed by atoms with Crippen LogP contribution in [0.3, 0.4) is 0 Å². The molecule has 0 radical (unpaired) electrons. The van der Waals surface area contributed by atoms with Crippen molar-refractivity contribution >= 4 is 33.2 Å². The Labute approximate surface area is 130 Å². The van der Waals surface area contributed by atoms with Gasteiger partial charge in [0.15, 0.2) is 0 Å². The molecule has 0 saturated heterocycles. The molecule has 6 nitrogen and oxygen atoms in total. The van der Waals surface area contributed by atoms with E-state index in [0.29, 0.717) is 5.69 Å². The van der Waals surface area contributed by atoms with E-state index in [2.05, 4.69) is 5.32 Å². The van der Waals surface area contributed by atoms with Gasteiger partial charge in [0.05, 0.1) is 16.9 Å². The van der Waals surface area contributed by atoms with Crippen LogP contribution < -0.4 is 5.32 Å². The minimum Gasteiger partial charge on any atom is -0.383 e. The maximum absolute atomic E-state index is 12.3. The van der Waals surface area contributed by atoms with E-state index in [1.807, 2.05) is 0 Å². The monoisotopic (exact) mass is 334 g/mol. The Morgan fingerprint density at radius 2 is 1.95 bits per heavy atom. The van der Waals surface area contributed by atoms with Gasteiger partial charge >= 0.3 is 0 Å². The van der Waals surface area contributed by atoms with Gasteiger partial charge in [-0.15, -0.1) is 11.6 Å². The van der Waals surface area contributed by atoms with Gasteiger partial charge in [0.1, 0.15) is 0 Å². The zero-order valence-electron chi connectivity index (χ0n) is 12.2. The summed E-state index contributed by atoms with van der Waals surface area (Å²) >= 11 is 5.97. The van der Waals surface area contributed by atoms with Crippen LogP contribution in [0.5, 0.6) is 0 Å². The van der Waals surface area contributed by atoms with Gasteiger partial charge in [-0.25, -0.2) is 8.42 Å². The third-order valence-corrected chi connectivity index (χ3v) is 4.79. The molecule has 0 aromatic heterocycles. The molecule has 1 atom stereocenters. The van der Waals surface area contributed by atoms with Crippen molar-refractivity contribution in [2.45, 2.75) is 17.2 Å². The molecule has 1 N–H and O–H groups in total. The van der Waals surface area contributed by atoms with Crippen LogP contribution >= 0.6 is 11.6 Å². The number of nitrogens with one attached hydrogen (secondary N) is 1. The Bertz CT molecular complexity index is 574. The Kier molecular flexibility index (Phi) is 6.60. The summed E-state index contributed by atoms with van der Waals surface area (Å²) in [4.78, 5) is 11.1. The number of carbonyl (C=O) groups excluding carboxylic acids is 1. The van der Waals surface area contributed by atoms with Gasteiger partial charge in [-0.3, -0.25) is 4.79 Å². The predicted molar refractivity (Wildman–Crippen MR) is 82.1 cm³/mol. The normalized spacial score (nSPS) is 13.2. The molecule has 21 heavy (non-hydrogen) atoms. The number of hydrogen-bond acceptors (Lipinski definition) is 4. The molecule has 1 rings (SSSR count). The molecule has 8 heteroatoms.